The molecule has 0 amide bonds. The first-order chi connectivity index (χ1) is 9.95. The second-order valence-electron chi connectivity index (χ2n) is 4.52. The molecule has 0 aliphatic rings. The van der Waals surface area contributed by atoms with Crippen LogP contribution in [0.5, 0.6) is 23.0 Å². The standard InChI is InChI=1S/C15H10O6.BrH/c16-8-4-11(19)15-12(20)6-13(21-14(15)5-8)7-1-2-9(17)10(18)3-7;/h1-6,16-19H;1H. The highest BCUT2D eigenvalue weighted by atomic mass is 79.9. The summed E-state index contributed by atoms with van der Waals surface area (Å²) in [5.74, 6) is -1.13. The molecule has 0 saturated carbocycles. The number of hydrogen-bond donors (Lipinski definition) is 4. The molecule has 0 unspecified atom stereocenters. The van der Waals surface area contributed by atoms with E-state index in [2.05, 4.69) is 0 Å². The van der Waals surface area contributed by atoms with E-state index < -0.39 is 5.43 Å². The van der Waals surface area contributed by atoms with Gasteiger partial charge in [0, 0.05) is 23.8 Å². The highest BCUT2D eigenvalue weighted by Gasteiger charge is 2.13. The van der Waals surface area contributed by atoms with Crippen LogP contribution in [0, 0.1) is 0 Å². The first-order valence-electron chi connectivity index (χ1n) is 5.98. The summed E-state index contributed by atoms with van der Waals surface area (Å²) in [7, 11) is 0. The zero-order chi connectivity index (χ0) is 15.1. The molecule has 0 saturated heterocycles. The molecular formula is C15H11BrO6. The predicted octanol–water partition coefficient (Wildman–Crippen LogP) is -0.601. The van der Waals surface area contributed by atoms with Gasteiger partial charge in [0.05, 0.1) is 0 Å². The molecule has 0 aliphatic carbocycles. The number of benzene rings is 2. The second kappa shape index (κ2) is 5.61. The van der Waals surface area contributed by atoms with E-state index in [1.807, 2.05) is 0 Å². The number of phenolic OH excluding ortho intramolecular Hbond substituents is 4. The van der Waals surface area contributed by atoms with E-state index in [0.717, 1.165) is 12.1 Å². The van der Waals surface area contributed by atoms with Crippen LogP contribution in [-0.4, -0.2) is 20.4 Å². The molecule has 0 bridgehead atoms. The number of halogens is 1. The normalized spacial score (nSPS) is 10.4. The Morgan fingerprint density at radius 1 is 0.864 bits per heavy atom. The van der Waals surface area contributed by atoms with Gasteiger partial charge in [-0.1, -0.05) is 0 Å². The van der Waals surface area contributed by atoms with Crippen LogP contribution in [0.4, 0.5) is 0 Å². The van der Waals surface area contributed by atoms with Crippen LogP contribution < -0.4 is 22.4 Å². The monoisotopic (exact) mass is 366 g/mol. The molecule has 0 spiro atoms. The van der Waals surface area contributed by atoms with Crippen molar-refractivity contribution in [2.45, 2.75) is 0 Å². The minimum Gasteiger partial charge on any atom is -1.00 e. The van der Waals surface area contributed by atoms with E-state index in [1.165, 1.54) is 24.3 Å². The molecule has 4 N–H and O–H groups in total. The molecule has 22 heavy (non-hydrogen) atoms. The van der Waals surface area contributed by atoms with Crippen molar-refractivity contribution in [2.75, 3.05) is 0 Å². The SMILES string of the molecule is O=c1cc(-c2ccc(O)c(O)c2)oc2cc(O)cc(O)c12.[Br-].[H+]. The Morgan fingerprint density at radius 2 is 1.59 bits per heavy atom. The van der Waals surface area contributed by atoms with E-state index in [1.54, 1.807) is 0 Å². The Bertz CT molecular complexity index is 922. The summed E-state index contributed by atoms with van der Waals surface area (Å²) in [6.45, 7) is 0. The van der Waals surface area contributed by atoms with Gasteiger partial charge in [0.2, 0.25) is 0 Å². The van der Waals surface area contributed by atoms with E-state index in [-0.39, 0.29) is 58.1 Å². The van der Waals surface area contributed by atoms with Gasteiger partial charge < -0.3 is 41.8 Å². The molecule has 0 atom stereocenters. The predicted molar refractivity (Wildman–Crippen MR) is 75.7 cm³/mol. The average Bonchev–Trinajstić information content (AvgIpc) is 2.40. The van der Waals surface area contributed by atoms with Gasteiger partial charge in [0.15, 0.2) is 16.9 Å². The molecule has 1 heterocycles. The molecule has 3 rings (SSSR count). The summed E-state index contributed by atoms with van der Waals surface area (Å²) in [5.41, 5.74) is -0.106. The van der Waals surface area contributed by atoms with Crippen molar-refractivity contribution in [1.82, 2.24) is 0 Å². The molecule has 1 aromatic heterocycles. The summed E-state index contributed by atoms with van der Waals surface area (Å²) < 4.78 is 5.47. The Labute approximate surface area is 135 Å². The summed E-state index contributed by atoms with van der Waals surface area (Å²) in [4.78, 5) is 12.0. The Kier molecular flexibility index (Phi) is 4.01. The zero-order valence-corrected chi connectivity index (χ0v) is 12.5. The highest BCUT2D eigenvalue weighted by Crippen LogP contribution is 2.33. The molecule has 114 valence electrons. The van der Waals surface area contributed by atoms with E-state index in [9.17, 15) is 25.2 Å². The Morgan fingerprint density at radius 3 is 2.27 bits per heavy atom. The quantitative estimate of drug-likeness (QED) is 0.428. The topological polar surface area (TPSA) is 111 Å². The van der Waals surface area contributed by atoms with Gasteiger partial charge >= 0.3 is 1.43 Å². The number of phenols is 4. The fourth-order valence-electron chi connectivity index (χ4n) is 2.07. The van der Waals surface area contributed by atoms with Gasteiger partial charge in [0.25, 0.3) is 0 Å². The molecule has 3 aromatic rings. The molecule has 2 aromatic carbocycles. The summed E-state index contributed by atoms with van der Waals surface area (Å²) in [6, 6.07) is 7.37. The third-order valence-electron chi connectivity index (χ3n) is 3.05. The fourth-order valence-corrected chi connectivity index (χ4v) is 2.07. The van der Waals surface area contributed by atoms with Crippen molar-refractivity contribution in [1.29, 1.82) is 0 Å². The van der Waals surface area contributed by atoms with E-state index in [4.69, 9.17) is 4.42 Å². The maximum Gasteiger partial charge on any atom is 1.00 e. The zero-order valence-electron chi connectivity index (χ0n) is 11.9. The minimum atomic E-state index is -0.490. The van der Waals surface area contributed by atoms with Gasteiger partial charge in [-0.25, -0.2) is 0 Å². The van der Waals surface area contributed by atoms with Crippen LogP contribution in [0.15, 0.2) is 45.6 Å². The molecule has 0 radical (unpaired) electrons. The lowest BCUT2D eigenvalue weighted by molar-refractivity contribution is -0.00000865. The van der Waals surface area contributed by atoms with Gasteiger partial charge in [-0.3, -0.25) is 4.79 Å². The minimum absolute atomic E-state index is 0. The van der Waals surface area contributed by atoms with Crippen molar-refractivity contribution in [3.8, 4) is 34.3 Å². The Balaban J connectivity index is 0.00000132. The van der Waals surface area contributed by atoms with Crippen LogP contribution in [0.1, 0.15) is 1.43 Å². The lowest BCUT2D eigenvalue weighted by Gasteiger charge is -2.06. The molecular weight excluding hydrogens is 356 g/mol. The Hall–Kier alpha value is -2.67. The summed E-state index contributed by atoms with van der Waals surface area (Å²) in [6.07, 6.45) is 0. The number of hydrogen-bond acceptors (Lipinski definition) is 6. The van der Waals surface area contributed by atoms with Crippen molar-refractivity contribution < 1.29 is 43.3 Å². The largest absolute Gasteiger partial charge is 1.00 e. The first-order valence-corrected chi connectivity index (χ1v) is 5.98. The van der Waals surface area contributed by atoms with Crippen LogP contribution in [0.25, 0.3) is 22.3 Å². The lowest BCUT2D eigenvalue weighted by Crippen LogP contribution is -3.00. The number of rotatable bonds is 1. The lowest BCUT2D eigenvalue weighted by atomic mass is 10.1. The summed E-state index contributed by atoms with van der Waals surface area (Å²) in [5, 5.41) is 37.9. The van der Waals surface area contributed by atoms with Crippen molar-refractivity contribution in [3.63, 3.8) is 0 Å². The molecule has 0 aliphatic heterocycles. The molecule has 0 fully saturated rings. The van der Waals surface area contributed by atoms with E-state index in [0.29, 0.717) is 5.56 Å². The second-order valence-corrected chi connectivity index (χ2v) is 4.52. The molecule has 6 nitrogen and oxygen atoms in total. The van der Waals surface area contributed by atoms with Crippen molar-refractivity contribution in [3.05, 3.63) is 46.6 Å². The number of aromatic hydroxyl groups is 4. The first kappa shape index (κ1) is 15.7. The highest BCUT2D eigenvalue weighted by molar-refractivity contribution is 5.86. The van der Waals surface area contributed by atoms with E-state index >= 15 is 0 Å². The van der Waals surface area contributed by atoms with Gasteiger partial charge in [-0.05, 0) is 18.2 Å². The third kappa shape index (κ3) is 2.58. The van der Waals surface area contributed by atoms with Crippen molar-refractivity contribution >= 4 is 11.0 Å². The van der Waals surface area contributed by atoms with Crippen LogP contribution in [0.2, 0.25) is 0 Å². The smallest absolute Gasteiger partial charge is 1.00 e. The number of fused-ring (bicyclic) bond motifs is 1. The average molecular weight is 367 g/mol. The van der Waals surface area contributed by atoms with Crippen molar-refractivity contribution in [2.24, 2.45) is 0 Å². The van der Waals surface area contributed by atoms with Crippen LogP contribution >= 0.6 is 0 Å². The fraction of sp³-hybridized carbons (Fsp3) is 0. The van der Waals surface area contributed by atoms with Crippen LogP contribution in [0.3, 0.4) is 0 Å². The third-order valence-corrected chi connectivity index (χ3v) is 3.05. The molecule has 7 heteroatoms. The van der Waals surface area contributed by atoms with Gasteiger partial charge in [-0.2, -0.15) is 0 Å². The van der Waals surface area contributed by atoms with Crippen LogP contribution in [-0.2, 0) is 0 Å². The summed E-state index contributed by atoms with van der Waals surface area (Å²) >= 11 is 0. The van der Waals surface area contributed by atoms with Gasteiger partial charge in [0.1, 0.15) is 28.2 Å². The maximum absolute atomic E-state index is 12.0. The van der Waals surface area contributed by atoms with Gasteiger partial charge in [-0.15, -0.1) is 0 Å². The maximum atomic E-state index is 12.0.